The van der Waals surface area contributed by atoms with Crippen LogP contribution in [0.2, 0.25) is 0 Å². The summed E-state index contributed by atoms with van der Waals surface area (Å²) in [6.07, 6.45) is 4.03. The molecule has 48 heavy (non-hydrogen) atoms. The Kier molecular flexibility index (Phi) is 9.18. The highest BCUT2D eigenvalue weighted by Gasteiger charge is 2.44. The van der Waals surface area contributed by atoms with E-state index in [1.165, 1.54) is 15.5 Å². The molecule has 2 atom stereocenters. The SMILES string of the molecule is CC(C)c1nccc(CCCI)c1-n1c(=O)nc(N2CCN(C(=O)O)C(C(C)(C)C)C2C)c2cc(F)c(-c3cccc4cn[nH]c34)nc21. The van der Waals surface area contributed by atoms with Crippen LogP contribution in [-0.4, -0.2) is 75.4 Å². The molecule has 1 amide bonds. The predicted molar refractivity (Wildman–Crippen MR) is 194 cm³/mol. The van der Waals surface area contributed by atoms with Gasteiger partial charge >= 0.3 is 11.8 Å². The molecule has 1 aliphatic heterocycles. The molecule has 13 heteroatoms. The summed E-state index contributed by atoms with van der Waals surface area (Å²) in [5, 5.41) is 18.4. The topological polar surface area (TPSA) is 133 Å². The molecule has 0 aliphatic carbocycles. The number of para-hydroxylation sites is 1. The second kappa shape index (κ2) is 13.1. The largest absolute Gasteiger partial charge is 0.465 e. The van der Waals surface area contributed by atoms with Crippen molar-refractivity contribution >= 4 is 56.4 Å². The van der Waals surface area contributed by atoms with E-state index in [0.717, 1.165) is 27.5 Å². The summed E-state index contributed by atoms with van der Waals surface area (Å²) in [5.74, 6) is -0.335. The van der Waals surface area contributed by atoms with Crippen LogP contribution in [0.25, 0.3) is 38.9 Å². The Bertz CT molecular complexity index is 2070. The minimum Gasteiger partial charge on any atom is -0.465 e. The van der Waals surface area contributed by atoms with Crippen LogP contribution in [0.1, 0.15) is 65.1 Å². The van der Waals surface area contributed by atoms with Crippen LogP contribution in [0.5, 0.6) is 0 Å². The van der Waals surface area contributed by atoms with Crippen LogP contribution in [0, 0.1) is 11.2 Å². The molecule has 0 spiro atoms. The number of carboxylic acid groups (broad SMARTS) is 1. The number of nitrogens with one attached hydrogen (secondary N) is 1. The van der Waals surface area contributed by atoms with E-state index >= 15 is 4.39 Å². The normalized spacial score (nSPS) is 17.2. The molecule has 5 heterocycles. The number of hydrogen-bond donors (Lipinski definition) is 2. The van der Waals surface area contributed by atoms with Crippen LogP contribution >= 0.6 is 22.6 Å². The van der Waals surface area contributed by atoms with Crippen molar-refractivity contribution in [1.82, 2.24) is 34.6 Å². The molecule has 2 unspecified atom stereocenters. The molecule has 6 rings (SSSR count). The van der Waals surface area contributed by atoms with Crippen molar-refractivity contribution in [2.24, 2.45) is 5.41 Å². The highest BCUT2D eigenvalue weighted by Crippen LogP contribution is 2.38. The van der Waals surface area contributed by atoms with Gasteiger partial charge in [0.25, 0.3) is 0 Å². The van der Waals surface area contributed by atoms with Gasteiger partial charge in [-0.15, -0.1) is 0 Å². The summed E-state index contributed by atoms with van der Waals surface area (Å²) in [6, 6.07) is 8.00. The molecule has 5 aromatic rings. The Morgan fingerprint density at radius 3 is 2.65 bits per heavy atom. The molecule has 0 saturated carbocycles. The lowest BCUT2D eigenvalue weighted by Crippen LogP contribution is -2.64. The average Bonchev–Trinajstić information content (AvgIpc) is 3.52. The van der Waals surface area contributed by atoms with Crippen molar-refractivity contribution in [3.63, 3.8) is 0 Å². The van der Waals surface area contributed by atoms with Crippen LogP contribution in [0.15, 0.2) is 47.5 Å². The highest BCUT2D eigenvalue weighted by molar-refractivity contribution is 14.1. The summed E-state index contributed by atoms with van der Waals surface area (Å²) < 4.78 is 18.9. The lowest BCUT2D eigenvalue weighted by molar-refractivity contribution is 0.0562. The maximum Gasteiger partial charge on any atom is 0.407 e. The fourth-order valence-corrected chi connectivity index (χ4v) is 7.61. The molecular weight excluding hydrogens is 726 g/mol. The van der Waals surface area contributed by atoms with E-state index in [2.05, 4.69) is 37.8 Å². The van der Waals surface area contributed by atoms with Crippen molar-refractivity contribution in [3.05, 3.63) is 70.3 Å². The zero-order valence-corrected chi connectivity index (χ0v) is 30.1. The molecule has 0 bridgehead atoms. The van der Waals surface area contributed by atoms with Gasteiger partial charge in [0.1, 0.15) is 17.3 Å². The molecule has 2 N–H and O–H groups in total. The Balaban J connectivity index is 1.68. The van der Waals surface area contributed by atoms with Crippen molar-refractivity contribution in [2.45, 2.75) is 72.4 Å². The number of amides is 1. The number of rotatable bonds is 7. The summed E-state index contributed by atoms with van der Waals surface area (Å²) in [5.41, 5.74) is 2.74. The third kappa shape index (κ3) is 5.90. The van der Waals surface area contributed by atoms with Gasteiger partial charge in [-0.25, -0.2) is 23.5 Å². The van der Waals surface area contributed by atoms with Gasteiger partial charge in [-0.1, -0.05) is 75.4 Å². The number of alkyl halides is 1. The summed E-state index contributed by atoms with van der Waals surface area (Å²) >= 11 is 2.34. The van der Waals surface area contributed by atoms with Crippen LogP contribution in [-0.2, 0) is 6.42 Å². The van der Waals surface area contributed by atoms with Gasteiger partial charge in [-0.2, -0.15) is 10.1 Å². The molecule has 1 saturated heterocycles. The molecule has 1 aromatic carbocycles. The van der Waals surface area contributed by atoms with Gasteiger partial charge in [-0.3, -0.25) is 10.1 Å². The quantitative estimate of drug-likeness (QED) is 0.134. The molecular formula is C35H40FIN8O3. The minimum absolute atomic E-state index is 0.0310. The number of aromatic amines is 1. The summed E-state index contributed by atoms with van der Waals surface area (Å²) in [7, 11) is 0. The number of fused-ring (bicyclic) bond motifs is 2. The fourth-order valence-electron chi connectivity index (χ4n) is 7.23. The molecule has 4 aromatic heterocycles. The lowest BCUT2D eigenvalue weighted by atomic mass is 9.80. The van der Waals surface area contributed by atoms with Crippen LogP contribution in [0.3, 0.4) is 0 Å². The number of hydrogen-bond acceptors (Lipinski definition) is 7. The fraction of sp³-hybridized carbons (Fsp3) is 0.429. The van der Waals surface area contributed by atoms with Crippen molar-refractivity contribution in [2.75, 3.05) is 22.4 Å². The maximum absolute atomic E-state index is 16.5. The van der Waals surface area contributed by atoms with Crippen LogP contribution < -0.4 is 10.6 Å². The van der Waals surface area contributed by atoms with Gasteiger partial charge in [0.15, 0.2) is 5.65 Å². The Labute approximate surface area is 291 Å². The van der Waals surface area contributed by atoms with Gasteiger partial charge in [0.2, 0.25) is 0 Å². The van der Waals surface area contributed by atoms with E-state index in [9.17, 15) is 14.7 Å². The van der Waals surface area contributed by atoms with Crippen LogP contribution in [0.4, 0.5) is 15.0 Å². The monoisotopic (exact) mass is 766 g/mol. The number of piperazine rings is 1. The molecule has 1 aliphatic rings. The lowest BCUT2D eigenvalue weighted by Gasteiger charge is -2.51. The number of aromatic nitrogens is 6. The number of benzene rings is 1. The third-order valence-electron chi connectivity index (χ3n) is 9.19. The average molecular weight is 767 g/mol. The first kappa shape index (κ1) is 33.7. The Morgan fingerprint density at radius 2 is 1.96 bits per heavy atom. The van der Waals surface area contributed by atoms with Crippen molar-refractivity contribution < 1.29 is 14.3 Å². The first-order chi connectivity index (χ1) is 22.8. The number of carbonyl (C=O) groups is 1. The van der Waals surface area contributed by atoms with E-state index < -0.39 is 29.1 Å². The highest BCUT2D eigenvalue weighted by atomic mass is 127. The zero-order valence-electron chi connectivity index (χ0n) is 28.0. The third-order valence-corrected chi connectivity index (χ3v) is 9.95. The minimum atomic E-state index is -1.00. The van der Waals surface area contributed by atoms with E-state index in [1.54, 1.807) is 18.5 Å². The summed E-state index contributed by atoms with van der Waals surface area (Å²) in [6.45, 7) is 12.4. The number of halogens is 2. The molecule has 1 fully saturated rings. The number of nitrogens with zero attached hydrogens (tertiary/aromatic N) is 7. The van der Waals surface area contributed by atoms with Crippen molar-refractivity contribution in [1.29, 1.82) is 0 Å². The Morgan fingerprint density at radius 1 is 1.19 bits per heavy atom. The molecule has 0 radical (unpaired) electrons. The maximum atomic E-state index is 16.5. The van der Waals surface area contributed by atoms with E-state index in [1.807, 2.05) is 64.6 Å². The second-order valence-corrected chi connectivity index (χ2v) is 14.8. The van der Waals surface area contributed by atoms with E-state index in [-0.39, 0.29) is 42.2 Å². The second-order valence-electron chi connectivity index (χ2n) is 13.8. The first-order valence-corrected chi connectivity index (χ1v) is 17.7. The number of pyridine rings is 2. The zero-order chi connectivity index (χ0) is 34.5. The van der Waals surface area contributed by atoms with E-state index in [0.29, 0.717) is 28.6 Å². The standard InChI is InChI=1S/C35H40FIN8O3/c1-19(2)26-29(21(10-8-13-37)12-14-38-26)45-32-24(17-25(36)28(40-32)23-11-7-9-22-18-39-42-27(22)23)31(41-33(45)46)43-15-16-44(34(47)48)30(20(43)3)35(4,5)6/h7,9,11-12,14,17-20,30H,8,10,13,15-16H2,1-6H3,(H,39,42)(H,47,48). The number of aryl methyl sites for hydroxylation is 1. The van der Waals surface area contributed by atoms with Gasteiger partial charge in [-0.05, 0) is 53.2 Å². The van der Waals surface area contributed by atoms with Gasteiger partial charge < -0.3 is 14.9 Å². The summed E-state index contributed by atoms with van der Waals surface area (Å²) in [4.78, 5) is 44.5. The first-order valence-electron chi connectivity index (χ1n) is 16.2. The molecule has 11 nitrogen and oxygen atoms in total. The van der Waals surface area contributed by atoms with Crippen molar-refractivity contribution in [3.8, 4) is 16.9 Å². The van der Waals surface area contributed by atoms with Gasteiger partial charge in [0, 0.05) is 36.3 Å². The number of anilines is 1. The van der Waals surface area contributed by atoms with Gasteiger partial charge in [0.05, 0.1) is 34.5 Å². The number of H-pyrrole nitrogens is 1. The smallest absolute Gasteiger partial charge is 0.407 e. The molecule has 252 valence electrons. The Hall–Kier alpha value is -4.14. The van der Waals surface area contributed by atoms with E-state index in [4.69, 9.17) is 9.97 Å². The predicted octanol–water partition coefficient (Wildman–Crippen LogP) is 6.95.